The lowest BCUT2D eigenvalue weighted by Gasteiger charge is -2.24. The molecule has 23 heavy (non-hydrogen) atoms. The lowest BCUT2D eigenvalue weighted by atomic mass is 10.0. The molecule has 2 aromatic carbocycles. The molecule has 1 unspecified atom stereocenters. The van der Waals surface area contributed by atoms with Gasteiger partial charge in [-0.3, -0.25) is 9.59 Å². The number of carbonyl (C=O) groups excluding carboxylic acids is 2. The van der Waals surface area contributed by atoms with Gasteiger partial charge in [0.05, 0.1) is 17.1 Å². The summed E-state index contributed by atoms with van der Waals surface area (Å²) in [7, 11) is 0. The quantitative estimate of drug-likeness (QED) is 0.784. The molecule has 2 aliphatic rings. The molecular weight excluding hydrogens is 304 g/mol. The molecular formula is C16H11F2N3O2. The van der Waals surface area contributed by atoms with Crippen LogP contribution in [0.25, 0.3) is 0 Å². The van der Waals surface area contributed by atoms with E-state index in [0.717, 1.165) is 4.90 Å². The smallest absolute Gasteiger partial charge is 0.285 e. The zero-order valence-electron chi connectivity index (χ0n) is 12.0. The van der Waals surface area contributed by atoms with E-state index < -0.39 is 29.1 Å². The van der Waals surface area contributed by atoms with E-state index in [0.29, 0.717) is 17.1 Å². The van der Waals surface area contributed by atoms with E-state index in [1.54, 1.807) is 0 Å². The average Bonchev–Trinajstić information content (AvgIpc) is 2.97. The van der Waals surface area contributed by atoms with Gasteiger partial charge in [-0.25, -0.2) is 13.7 Å². The summed E-state index contributed by atoms with van der Waals surface area (Å²) in [6, 6.07) is 7.73. The van der Waals surface area contributed by atoms with Crippen LogP contribution in [-0.2, 0) is 15.3 Å². The van der Waals surface area contributed by atoms with Crippen LogP contribution in [0.5, 0.6) is 0 Å². The molecule has 5 nitrogen and oxygen atoms in total. The molecule has 7 heteroatoms. The standard InChI is InChI=1S/C16H11F2N3O2/c1-8(22)21-14-5-3-9(17)6-11(14)16(15(21)23)19-12-4-2-10(18)7-13(12)20-16/h2-7,19-20H,1H3. The zero-order valence-corrected chi connectivity index (χ0v) is 12.0. The number of imide groups is 1. The molecule has 0 radical (unpaired) electrons. The van der Waals surface area contributed by atoms with E-state index >= 15 is 0 Å². The van der Waals surface area contributed by atoms with Gasteiger partial charge in [-0.15, -0.1) is 0 Å². The third-order valence-electron chi connectivity index (χ3n) is 4.07. The molecule has 116 valence electrons. The van der Waals surface area contributed by atoms with Crippen molar-refractivity contribution in [3.63, 3.8) is 0 Å². The van der Waals surface area contributed by atoms with Gasteiger partial charge >= 0.3 is 0 Å². The third kappa shape index (κ3) is 1.70. The number of hydrogen-bond acceptors (Lipinski definition) is 4. The maximum Gasteiger partial charge on any atom is 0.285 e. The minimum atomic E-state index is -1.51. The van der Waals surface area contributed by atoms with Gasteiger partial charge in [0.2, 0.25) is 11.6 Å². The first kappa shape index (κ1) is 13.7. The van der Waals surface area contributed by atoms with Crippen molar-refractivity contribution in [2.75, 3.05) is 15.5 Å². The summed E-state index contributed by atoms with van der Waals surface area (Å²) in [5.74, 6) is -2.07. The van der Waals surface area contributed by atoms with Crippen LogP contribution in [0.2, 0.25) is 0 Å². The maximum absolute atomic E-state index is 13.7. The molecule has 2 aliphatic heterocycles. The van der Waals surface area contributed by atoms with Crippen molar-refractivity contribution in [2.24, 2.45) is 0 Å². The molecule has 0 bridgehead atoms. The first-order chi connectivity index (χ1) is 10.9. The Bertz CT molecular complexity index is 884. The Morgan fingerprint density at radius 3 is 2.43 bits per heavy atom. The molecule has 0 saturated carbocycles. The number of hydrogen-bond donors (Lipinski definition) is 2. The predicted molar refractivity (Wildman–Crippen MR) is 79.9 cm³/mol. The fourth-order valence-electron chi connectivity index (χ4n) is 3.11. The first-order valence-electron chi connectivity index (χ1n) is 6.93. The normalized spacial score (nSPS) is 21.0. The van der Waals surface area contributed by atoms with Gasteiger partial charge in [-0.05, 0) is 36.4 Å². The van der Waals surface area contributed by atoms with Crippen LogP contribution in [-0.4, -0.2) is 11.8 Å². The second kappa shape index (κ2) is 4.28. The number of carbonyl (C=O) groups is 2. The molecule has 4 rings (SSSR count). The van der Waals surface area contributed by atoms with Crippen LogP contribution in [0.15, 0.2) is 36.4 Å². The Labute approximate surface area is 129 Å². The summed E-state index contributed by atoms with van der Waals surface area (Å²) in [4.78, 5) is 25.7. The van der Waals surface area contributed by atoms with E-state index in [9.17, 15) is 18.4 Å². The minimum absolute atomic E-state index is 0.286. The Hall–Kier alpha value is -2.96. The topological polar surface area (TPSA) is 61.4 Å². The molecule has 0 fully saturated rings. The fourth-order valence-corrected chi connectivity index (χ4v) is 3.11. The van der Waals surface area contributed by atoms with Crippen LogP contribution in [0, 0.1) is 11.6 Å². The Balaban J connectivity index is 1.92. The zero-order chi connectivity index (χ0) is 16.4. The molecule has 1 spiro atoms. The SMILES string of the molecule is CC(=O)N1C(=O)C2(Nc3ccc(F)cc3N2)c2cc(F)ccc21. The predicted octanol–water partition coefficient (Wildman–Crippen LogP) is 2.55. The van der Waals surface area contributed by atoms with Crippen molar-refractivity contribution in [1.29, 1.82) is 0 Å². The number of fused-ring (bicyclic) bond motifs is 3. The van der Waals surface area contributed by atoms with E-state index in [-0.39, 0.29) is 5.56 Å². The van der Waals surface area contributed by atoms with Crippen molar-refractivity contribution in [3.8, 4) is 0 Å². The van der Waals surface area contributed by atoms with Crippen molar-refractivity contribution < 1.29 is 18.4 Å². The summed E-state index contributed by atoms with van der Waals surface area (Å²) in [5, 5.41) is 5.87. The van der Waals surface area contributed by atoms with Crippen molar-refractivity contribution in [1.82, 2.24) is 0 Å². The number of rotatable bonds is 0. The van der Waals surface area contributed by atoms with Crippen LogP contribution in [0.4, 0.5) is 25.8 Å². The Morgan fingerprint density at radius 2 is 1.70 bits per heavy atom. The summed E-state index contributed by atoms with van der Waals surface area (Å²) in [6.45, 7) is 1.26. The highest BCUT2D eigenvalue weighted by molar-refractivity contribution is 6.24. The van der Waals surface area contributed by atoms with Crippen molar-refractivity contribution in [3.05, 3.63) is 53.6 Å². The number of anilines is 3. The highest BCUT2D eigenvalue weighted by Gasteiger charge is 2.55. The highest BCUT2D eigenvalue weighted by atomic mass is 19.1. The molecule has 2 N–H and O–H groups in total. The average molecular weight is 315 g/mol. The van der Waals surface area contributed by atoms with Crippen LogP contribution in [0.1, 0.15) is 12.5 Å². The molecule has 2 aromatic rings. The number of benzene rings is 2. The van der Waals surface area contributed by atoms with Crippen LogP contribution >= 0.6 is 0 Å². The van der Waals surface area contributed by atoms with Gasteiger partial charge in [0, 0.05) is 12.5 Å². The summed E-state index contributed by atoms with van der Waals surface area (Å²) in [6.07, 6.45) is 0. The van der Waals surface area contributed by atoms with Gasteiger partial charge < -0.3 is 10.6 Å². The van der Waals surface area contributed by atoms with Gasteiger partial charge in [0.15, 0.2) is 0 Å². The number of halogens is 2. The maximum atomic E-state index is 13.7. The highest BCUT2D eigenvalue weighted by Crippen LogP contribution is 2.48. The van der Waals surface area contributed by atoms with Crippen molar-refractivity contribution >= 4 is 28.9 Å². The van der Waals surface area contributed by atoms with Gasteiger partial charge in [0.1, 0.15) is 11.6 Å². The Kier molecular flexibility index (Phi) is 2.55. The number of amides is 2. The van der Waals surface area contributed by atoms with E-state index in [1.807, 2.05) is 0 Å². The first-order valence-corrected chi connectivity index (χ1v) is 6.93. The molecule has 2 heterocycles. The van der Waals surface area contributed by atoms with Gasteiger partial charge in [0.25, 0.3) is 5.91 Å². The van der Waals surface area contributed by atoms with Crippen molar-refractivity contribution in [2.45, 2.75) is 12.6 Å². The molecule has 0 aliphatic carbocycles. The second-order valence-corrected chi connectivity index (χ2v) is 5.51. The van der Waals surface area contributed by atoms with Crippen LogP contribution < -0.4 is 15.5 Å². The van der Waals surface area contributed by atoms with E-state index in [1.165, 1.54) is 43.3 Å². The minimum Gasteiger partial charge on any atom is -0.349 e. The van der Waals surface area contributed by atoms with Gasteiger partial charge in [-0.1, -0.05) is 0 Å². The van der Waals surface area contributed by atoms with E-state index in [2.05, 4.69) is 10.6 Å². The summed E-state index contributed by atoms with van der Waals surface area (Å²) >= 11 is 0. The molecule has 1 atom stereocenters. The summed E-state index contributed by atoms with van der Waals surface area (Å²) in [5.41, 5.74) is -0.0509. The van der Waals surface area contributed by atoms with E-state index in [4.69, 9.17) is 0 Å². The fraction of sp³-hybridized carbons (Fsp3) is 0.125. The lowest BCUT2D eigenvalue weighted by Crippen LogP contribution is -2.49. The molecule has 0 aromatic heterocycles. The number of nitrogens with zero attached hydrogens (tertiary/aromatic N) is 1. The Morgan fingerprint density at radius 1 is 1.04 bits per heavy atom. The molecule has 0 saturated heterocycles. The summed E-state index contributed by atoms with van der Waals surface area (Å²) < 4.78 is 27.1. The van der Waals surface area contributed by atoms with Crippen LogP contribution in [0.3, 0.4) is 0 Å². The lowest BCUT2D eigenvalue weighted by molar-refractivity contribution is -0.126. The van der Waals surface area contributed by atoms with Gasteiger partial charge in [-0.2, -0.15) is 0 Å². The largest absolute Gasteiger partial charge is 0.349 e. The monoisotopic (exact) mass is 315 g/mol. The third-order valence-corrected chi connectivity index (χ3v) is 4.07. The molecule has 2 amide bonds. The number of nitrogens with one attached hydrogen (secondary N) is 2. The second-order valence-electron chi connectivity index (χ2n) is 5.51.